The van der Waals surface area contributed by atoms with E-state index >= 15 is 0 Å². The Kier molecular flexibility index (Phi) is 3.01. The molecule has 0 aliphatic heterocycles. The molecule has 2 aromatic heterocycles. The fraction of sp³-hybridized carbons (Fsp3) is 0.176. The number of aromatic nitrogens is 1. The van der Waals surface area contributed by atoms with E-state index in [9.17, 15) is 9.90 Å². The molecule has 0 amide bonds. The summed E-state index contributed by atoms with van der Waals surface area (Å²) in [5.41, 5.74) is 3.43. The summed E-state index contributed by atoms with van der Waals surface area (Å²) >= 11 is 0. The van der Waals surface area contributed by atoms with Crippen molar-refractivity contribution in [2.75, 3.05) is 0 Å². The first-order valence-electron chi connectivity index (χ1n) is 6.68. The third kappa shape index (κ3) is 2.29. The molecule has 0 spiro atoms. The van der Waals surface area contributed by atoms with Gasteiger partial charge in [0.1, 0.15) is 11.5 Å². The third-order valence-corrected chi connectivity index (χ3v) is 3.47. The van der Waals surface area contributed by atoms with Crippen molar-refractivity contribution in [1.82, 2.24) is 4.98 Å². The number of carbonyl (C=O) groups is 1. The van der Waals surface area contributed by atoms with E-state index in [1.165, 1.54) is 0 Å². The fourth-order valence-corrected chi connectivity index (χ4v) is 2.62. The molecule has 0 bridgehead atoms. The molecule has 0 saturated carbocycles. The zero-order chi connectivity index (χ0) is 15.1. The van der Waals surface area contributed by atoms with Gasteiger partial charge < -0.3 is 9.52 Å². The number of carboxylic acid groups (broad SMARTS) is 1. The molecule has 3 rings (SSSR count). The van der Waals surface area contributed by atoms with Crippen LogP contribution in [0.2, 0.25) is 0 Å². The van der Waals surface area contributed by atoms with Crippen molar-refractivity contribution in [1.29, 1.82) is 0 Å². The smallest absolute Gasteiger partial charge is 0.336 e. The van der Waals surface area contributed by atoms with E-state index in [0.29, 0.717) is 22.4 Å². The van der Waals surface area contributed by atoms with Crippen molar-refractivity contribution in [2.24, 2.45) is 0 Å². The molecule has 0 atom stereocenters. The monoisotopic (exact) mass is 281 g/mol. The maximum Gasteiger partial charge on any atom is 0.336 e. The van der Waals surface area contributed by atoms with Gasteiger partial charge in [0.15, 0.2) is 5.76 Å². The lowest BCUT2D eigenvalue weighted by atomic mass is 10.00. The number of carboxylic acids is 1. The van der Waals surface area contributed by atoms with Crippen LogP contribution in [-0.2, 0) is 0 Å². The van der Waals surface area contributed by atoms with Gasteiger partial charge in [-0.2, -0.15) is 0 Å². The molecule has 1 N–H and O–H groups in total. The first-order chi connectivity index (χ1) is 9.95. The van der Waals surface area contributed by atoms with Gasteiger partial charge in [0.2, 0.25) is 0 Å². The Balaban J connectivity index is 2.37. The summed E-state index contributed by atoms with van der Waals surface area (Å²) in [6, 6.07) is 9.08. The van der Waals surface area contributed by atoms with E-state index in [4.69, 9.17) is 4.42 Å². The minimum absolute atomic E-state index is 0.251. The topological polar surface area (TPSA) is 63.3 Å². The Hall–Kier alpha value is -2.62. The van der Waals surface area contributed by atoms with Gasteiger partial charge in [-0.15, -0.1) is 0 Å². The van der Waals surface area contributed by atoms with Crippen molar-refractivity contribution < 1.29 is 14.3 Å². The van der Waals surface area contributed by atoms with E-state index in [0.717, 1.165) is 16.9 Å². The molecule has 0 aliphatic carbocycles. The Bertz CT molecular complexity index is 862. The molecular weight excluding hydrogens is 266 g/mol. The lowest BCUT2D eigenvalue weighted by molar-refractivity contribution is 0.0699. The first-order valence-corrected chi connectivity index (χ1v) is 6.68. The molecule has 4 nitrogen and oxygen atoms in total. The molecule has 0 aliphatic rings. The summed E-state index contributed by atoms with van der Waals surface area (Å²) in [4.78, 5) is 16.1. The van der Waals surface area contributed by atoms with Crippen molar-refractivity contribution >= 4 is 16.9 Å². The summed E-state index contributed by atoms with van der Waals surface area (Å²) in [5, 5.41) is 10.2. The van der Waals surface area contributed by atoms with Crippen LogP contribution < -0.4 is 0 Å². The average Bonchev–Trinajstić information content (AvgIpc) is 2.83. The van der Waals surface area contributed by atoms with Gasteiger partial charge >= 0.3 is 5.97 Å². The maximum atomic E-state index is 11.6. The second-order valence-corrected chi connectivity index (χ2v) is 5.25. The van der Waals surface area contributed by atoms with Crippen LogP contribution in [0, 0.1) is 20.8 Å². The summed E-state index contributed by atoms with van der Waals surface area (Å²) in [7, 11) is 0. The van der Waals surface area contributed by atoms with Crippen LogP contribution in [0.25, 0.3) is 22.4 Å². The van der Waals surface area contributed by atoms with Crippen molar-refractivity contribution in [3.63, 3.8) is 0 Å². The van der Waals surface area contributed by atoms with Crippen LogP contribution in [-0.4, -0.2) is 16.1 Å². The number of pyridine rings is 1. The number of benzene rings is 1. The van der Waals surface area contributed by atoms with Gasteiger partial charge in [-0.1, -0.05) is 6.07 Å². The number of aromatic carboxylic acids is 1. The summed E-state index contributed by atoms with van der Waals surface area (Å²) in [5.74, 6) is 0.388. The second-order valence-electron chi connectivity index (χ2n) is 5.25. The quantitative estimate of drug-likeness (QED) is 0.767. The molecule has 0 unspecified atom stereocenters. The Morgan fingerprint density at radius 2 is 1.90 bits per heavy atom. The van der Waals surface area contributed by atoms with Crippen molar-refractivity contribution in [3.05, 3.63) is 52.8 Å². The van der Waals surface area contributed by atoms with Gasteiger partial charge in [0.25, 0.3) is 0 Å². The van der Waals surface area contributed by atoms with E-state index in [1.807, 2.05) is 39.0 Å². The molecule has 1 aromatic carbocycles. The normalized spacial score (nSPS) is 11.0. The Morgan fingerprint density at radius 3 is 2.52 bits per heavy atom. The number of hydrogen-bond acceptors (Lipinski definition) is 3. The van der Waals surface area contributed by atoms with Gasteiger partial charge in [-0.3, -0.25) is 0 Å². The summed E-state index contributed by atoms with van der Waals surface area (Å²) in [6.45, 7) is 5.72. The Morgan fingerprint density at radius 1 is 1.14 bits per heavy atom. The number of nitrogens with zero attached hydrogens (tertiary/aromatic N) is 1. The fourth-order valence-electron chi connectivity index (χ4n) is 2.62. The third-order valence-electron chi connectivity index (χ3n) is 3.47. The number of fused-ring (bicyclic) bond motifs is 1. The average molecular weight is 281 g/mol. The van der Waals surface area contributed by atoms with Crippen LogP contribution in [0.1, 0.15) is 27.2 Å². The molecule has 4 heteroatoms. The molecular formula is C17H15NO3. The zero-order valence-electron chi connectivity index (χ0n) is 12.1. The largest absolute Gasteiger partial charge is 0.478 e. The number of hydrogen-bond donors (Lipinski definition) is 1. The van der Waals surface area contributed by atoms with Crippen molar-refractivity contribution in [3.8, 4) is 11.5 Å². The molecule has 0 fully saturated rings. The highest BCUT2D eigenvalue weighted by atomic mass is 16.4. The van der Waals surface area contributed by atoms with E-state index in [1.54, 1.807) is 12.1 Å². The van der Waals surface area contributed by atoms with Crippen LogP contribution in [0.4, 0.5) is 0 Å². The lowest BCUT2D eigenvalue weighted by Gasteiger charge is -2.09. The second kappa shape index (κ2) is 4.74. The predicted molar refractivity (Wildman–Crippen MR) is 80.6 cm³/mol. The number of furan rings is 1. The zero-order valence-corrected chi connectivity index (χ0v) is 12.1. The number of rotatable bonds is 2. The van der Waals surface area contributed by atoms with Crippen LogP contribution in [0.3, 0.4) is 0 Å². The van der Waals surface area contributed by atoms with Gasteiger partial charge in [0, 0.05) is 5.39 Å². The highest BCUT2D eigenvalue weighted by molar-refractivity contribution is 6.05. The first kappa shape index (κ1) is 13.4. The van der Waals surface area contributed by atoms with E-state index in [-0.39, 0.29) is 5.56 Å². The molecule has 3 aromatic rings. The minimum atomic E-state index is -0.959. The minimum Gasteiger partial charge on any atom is -0.478 e. The van der Waals surface area contributed by atoms with Crippen LogP contribution in [0.5, 0.6) is 0 Å². The van der Waals surface area contributed by atoms with E-state index < -0.39 is 5.97 Å². The highest BCUT2D eigenvalue weighted by Gasteiger charge is 2.16. The van der Waals surface area contributed by atoms with Crippen LogP contribution in [0.15, 0.2) is 34.7 Å². The van der Waals surface area contributed by atoms with Gasteiger partial charge in [-0.25, -0.2) is 9.78 Å². The highest BCUT2D eigenvalue weighted by Crippen LogP contribution is 2.29. The summed E-state index contributed by atoms with van der Waals surface area (Å²) < 4.78 is 5.56. The molecule has 0 saturated heterocycles. The van der Waals surface area contributed by atoms with Crippen molar-refractivity contribution in [2.45, 2.75) is 20.8 Å². The molecule has 0 radical (unpaired) electrons. The van der Waals surface area contributed by atoms with Crippen LogP contribution >= 0.6 is 0 Å². The van der Waals surface area contributed by atoms with Gasteiger partial charge in [0.05, 0.1) is 11.1 Å². The molecule has 21 heavy (non-hydrogen) atoms. The maximum absolute atomic E-state index is 11.6. The Labute approximate surface area is 122 Å². The van der Waals surface area contributed by atoms with E-state index in [2.05, 4.69) is 4.98 Å². The summed E-state index contributed by atoms with van der Waals surface area (Å²) in [6.07, 6.45) is 0. The molecule has 2 heterocycles. The predicted octanol–water partition coefficient (Wildman–Crippen LogP) is 4.12. The lowest BCUT2D eigenvalue weighted by Crippen LogP contribution is -2.02. The number of aryl methyl sites for hydroxylation is 3. The van der Waals surface area contributed by atoms with Gasteiger partial charge in [-0.05, 0) is 56.2 Å². The standard InChI is InChI=1S/C17H15NO3/c1-9-6-10(2)16-12(17(19)20)8-13(18-14(16)7-9)15-5-4-11(3)21-15/h4-8H,1-3H3,(H,19,20). The molecule has 106 valence electrons. The SMILES string of the molecule is Cc1cc(C)c2c(C(=O)O)cc(-c3ccc(C)o3)nc2c1.